The van der Waals surface area contributed by atoms with Crippen LogP contribution in [0.1, 0.15) is 19.8 Å². The minimum Gasteiger partial charge on any atom is -0.379 e. The van der Waals surface area contributed by atoms with Crippen molar-refractivity contribution in [1.82, 2.24) is 25.3 Å². The van der Waals surface area contributed by atoms with Crippen LogP contribution < -0.4 is 10.6 Å². The maximum absolute atomic E-state index is 12.4. The van der Waals surface area contributed by atoms with E-state index in [0.29, 0.717) is 45.9 Å². The molecular weight excluding hydrogens is 338 g/mol. The van der Waals surface area contributed by atoms with Crippen molar-refractivity contribution in [1.29, 1.82) is 0 Å². The first kappa shape index (κ1) is 19.1. The lowest BCUT2D eigenvalue weighted by atomic mass is 10.2. The fourth-order valence-corrected chi connectivity index (χ4v) is 3.24. The molecule has 3 rings (SSSR count). The van der Waals surface area contributed by atoms with Gasteiger partial charge in [-0.3, -0.25) is 24.7 Å². The van der Waals surface area contributed by atoms with E-state index < -0.39 is 12.1 Å². The predicted octanol–water partition coefficient (Wildman–Crippen LogP) is -1.16. The van der Waals surface area contributed by atoms with Crippen molar-refractivity contribution in [3.63, 3.8) is 0 Å². The third-order valence-electron chi connectivity index (χ3n) is 5.21. The average Bonchev–Trinajstić information content (AvgIpc) is 3.45. The summed E-state index contributed by atoms with van der Waals surface area (Å²) >= 11 is 0. The molecule has 26 heavy (non-hydrogen) atoms. The molecule has 0 radical (unpaired) electrons. The van der Waals surface area contributed by atoms with E-state index in [1.54, 1.807) is 6.92 Å². The van der Waals surface area contributed by atoms with Crippen LogP contribution >= 0.6 is 0 Å². The minimum atomic E-state index is -0.413. The number of piperazine rings is 1. The summed E-state index contributed by atoms with van der Waals surface area (Å²) in [5.74, 6) is -0.163. The summed E-state index contributed by atoms with van der Waals surface area (Å²) < 4.78 is 5.30. The smallest absolute Gasteiger partial charge is 0.321 e. The molecule has 0 bridgehead atoms. The Morgan fingerprint density at radius 3 is 2.31 bits per heavy atom. The molecule has 9 nitrogen and oxygen atoms in total. The lowest BCUT2D eigenvalue weighted by Gasteiger charge is -2.38. The van der Waals surface area contributed by atoms with Gasteiger partial charge in [0, 0.05) is 45.3 Å². The van der Waals surface area contributed by atoms with Gasteiger partial charge in [0.1, 0.15) is 0 Å². The van der Waals surface area contributed by atoms with Gasteiger partial charge >= 0.3 is 6.03 Å². The van der Waals surface area contributed by atoms with Crippen molar-refractivity contribution >= 4 is 17.8 Å². The Kier molecular flexibility index (Phi) is 6.44. The monoisotopic (exact) mass is 367 g/mol. The lowest BCUT2D eigenvalue weighted by molar-refractivity contribution is -0.136. The van der Waals surface area contributed by atoms with E-state index in [-0.39, 0.29) is 17.9 Å². The van der Waals surface area contributed by atoms with Gasteiger partial charge in [-0.05, 0) is 19.8 Å². The number of hydrogen-bond acceptors (Lipinski definition) is 6. The van der Waals surface area contributed by atoms with Crippen LogP contribution in [0.25, 0.3) is 0 Å². The number of carbonyl (C=O) groups excluding carboxylic acids is 3. The molecule has 1 atom stereocenters. The van der Waals surface area contributed by atoms with Crippen molar-refractivity contribution in [2.45, 2.75) is 31.8 Å². The molecule has 2 saturated heterocycles. The van der Waals surface area contributed by atoms with E-state index in [0.717, 1.165) is 25.9 Å². The van der Waals surface area contributed by atoms with Crippen LogP contribution in [0, 0.1) is 0 Å². The summed E-state index contributed by atoms with van der Waals surface area (Å²) in [6.45, 7) is 7.67. The Labute approximate surface area is 154 Å². The van der Waals surface area contributed by atoms with Crippen LogP contribution in [0.3, 0.4) is 0 Å². The highest BCUT2D eigenvalue weighted by Gasteiger charge is 2.30. The summed E-state index contributed by atoms with van der Waals surface area (Å²) in [5, 5.41) is 5.15. The van der Waals surface area contributed by atoms with Crippen molar-refractivity contribution < 1.29 is 19.1 Å². The molecule has 4 amide bonds. The van der Waals surface area contributed by atoms with Crippen molar-refractivity contribution in [3.05, 3.63) is 0 Å². The third-order valence-corrected chi connectivity index (χ3v) is 5.21. The number of rotatable bonds is 5. The molecule has 0 unspecified atom stereocenters. The summed E-state index contributed by atoms with van der Waals surface area (Å²) in [7, 11) is 0. The van der Waals surface area contributed by atoms with E-state index in [2.05, 4.69) is 15.5 Å². The summed E-state index contributed by atoms with van der Waals surface area (Å²) in [6.07, 6.45) is 1.97. The second-order valence-electron chi connectivity index (χ2n) is 7.22. The van der Waals surface area contributed by atoms with Crippen LogP contribution in [0.2, 0.25) is 0 Å². The normalized spacial score (nSPS) is 23.3. The molecule has 3 aliphatic rings. The van der Waals surface area contributed by atoms with Gasteiger partial charge in [0.25, 0.3) is 0 Å². The van der Waals surface area contributed by atoms with Crippen molar-refractivity contribution in [2.24, 2.45) is 0 Å². The highest BCUT2D eigenvalue weighted by atomic mass is 16.5. The number of amides is 4. The van der Waals surface area contributed by atoms with Gasteiger partial charge in [0.15, 0.2) is 0 Å². The average molecular weight is 367 g/mol. The Morgan fingerprint density at radius 1 is 1.04 bits per heavy atom. The first-order valence-corrected chi connectivity index (χ1v) is 9.46. The van der Waals surface area contributed by atoms with E-state index in [9.17, 15) is 14.4 Å². The number of nitrogens with one attached hydrogen (secondary N) is 2. The SMILES string of the molecule is C[C@H](C(=O)NC(=O)NC1CC1)N1CCN(C(=O)CN2CCOCC2)CC1. The Morgan fingerprint density at radius 2 is 1.69 bits per heavy atom. The largest absolute Gasteiger partial charge is 0.379 e. The maximum Gasteiger partial charge on any atom is 0.321 e. The first-order valence-electron chi connectivity index (χ1n) is 9.46. The minimum absolute atomic E-state index is 0.132. The number of ether oxygens (including phenoxy) is 1. The van der Waals surface area contributed by atoms with Crippen LogP contribution in [-0.2, 0) is 14.3 Å². The fourth-order valence-electron chi connectivity index (χ4n) is 3.24. The van der Waals surface area contributed by atoms with Gasteiger partial charge in [-0.15, -0.1) is 0 Å². The van der Waals surface area contributed by atoms with Gasteiger partial charge < -0.3 is 15.0 Å². The third kappa shape index (κ3) is 5.39. The zero-order valence-corrected chi connectivity index (χ0v) is 15.4. The topological polar surface area (TPSA) is 94.2 Å². The fraction of sp³-hybridized carbons (Fsp3) is 0.824. The Bertz CT molecular complexity index is 525. The molecule has 1 saturated carbocycles. The maximum atomic E-state index is 12.4. The molecular formula is C17H29N5O4. The molecule has 3 fully saturated rings. The lowest BCUT2D eigenvalue weighted by Crippen LogP contribution is -2.57. The van der Waals surface area contributed by atoms with Crippen LogP contribution in [-0.4, -0.2) is 104 Å². The molecule has 9 heteroatoms. The van der Waals surface area contributed by atoms with Gasteiger partial charge in [0.05, 0.1) is 25.8 Å². The molecule has 0 aromatic carbocycles. The van der Waals surface area contributed by atoms with Crippen molar-refractivity contribution in [3.8, 4) is 0 Å². The Hall–Kier alpha value is -1.71. The van der Waals surface area contributed by atoms with E-state index >= 15 is 0 Å². The molecule has 0 aromatic heterocycles. The number of carbonyl (C=O) groups is 3. The van der Waals surface area contributed by atoms with Crippen LogP contribution in [0.15, 0.2) is 0 Å². The zero-order valence-electron chi connectivity index (χ0n) is 15.4. The molecule has 0 aromatic rings. The zero-order chi connectivity index (χ0) is 18.5. The highest BCUT2D eigenvalue weighted by molar-refractivity contribution is 5.97. The number of imide groups is 1. The van der Waals surface area contributed by atoms with E-state index in [4.69, 9.17) is 4.74 Å². The van der Waals surface area contributed by atoms with Gasteiger partial charge in [0.2, 0.25) is 11.8 Å². The molecule has 0 spiro atoms. The van der Waals surface area contributed by atoms with Crippen LogP contribution in [0.4, 0.5) is 4.79 Å². The number of nitrogens with zero attached hydrogens (tertiary/aromatic N) is 3. The summed E-state index contributed by atoms with van der Waals surface area (Å²) in [6, 6.07) is -0.584. The predicted molar refractivity (Wildman–Crippen MR) is 94.6 cm³/mol. The molecule has 2 heterocycles. The highest BCUT2D eigenvalue weighted by Crippen LogP contribution is 2.18. The summed E-state index contributed by atoms with van der Waals surface area (Å²) in [4.78, 5) is 42.3. The first-order chi connectivity index (χ1) is 12.5. The van der Waals surface area contributed by atoms with Crippen molar-refractivity contribution in [2.75, 3.05) is 59.0 Å². The number of morpholine rings is 1. The molecule has 2 N–H and O–H groups in total. The van der Waals surface area contributed by atoms with Gasteiger partial charge in [-0.2, -0.15) is 0 Å². The number of hydrogen-bond donors (Lipinski definition) is 2. The van der Waals surface area contributed by atoms with Crippen LogP contribution in [0.5, 0.6) is 0 Å². The number of urea groups is 1. The molecule has 2 aliphatic heterocycles. The van der Waals surface area contributed by atoms with Gasteiger partial charge in [-0.1, -0.05) is 0 Å². The van der Waals surface area contributed by atoms with E-state index in [1.807, 2.05) is 9.80 Å². The summed E-state index contributed by atoms with van der Waals surface area (Å²) in [5.41, 5.74) is 0. The quantitative estimate of drug-likeness (QED) is 0.637. The molecule has 146 valence electrons. The second-order valence-corrected chi connectivity index (χ2v) is 7.22. The molecule has 1 aliphatic carbocycles. The van der Waals surface area contributed by atoms with E-state index in [1.165, 1.54) is 0 Å². The second kappa shape index (κ2) is 8.79. The van der Waals surface area contributed by atoms with Gasteiger partial charge in [-0.25, -0.2) is 4.79 Å². The Balaban J connectivity index is 1.38. The standard InChI is InChI=1S/C17H29N5O4/c1-13(16(24)19-17(25)18-14-2-3-14)21-4-6-22(7-5-21)15(23)12-20-8-10-26-11-9-20/h13-14H,2-12H2,1H3,(H2,18,19,24,25)/t13-/m1/s1.